The molecule has 0 radical (unpaired) electrons. The van der Waals surface area contributed by atoms with Crippen molar-refractivity contribution in [3.05, 3.63) is 67.7 Å². The highest BCUT2D eigenvalue weighted by Gasteiger charge is 2.48. The number of rotatable bonds is 3. The monoisotopic (exact) mass is 837 g/mol. The molecule has 48 heavy (non-hydrogen) atoms. The van der Waals surface area contributed by atoms with Gasteiger partial charge in [0.1, 0.15) is 0 Å². The number of hydrogen-bond donors (Lipinski definition) is 1. The fraction of sp³-hybridized carbons (Fsp3) is 0.514. The second kappa shape index (κ2) is 16.7. The van der Waals surface area contributed by atoms with E-state index in [4.69, 9.17) is 15.3 Å². The van der Waals surface area contributed by atoms with Gasteiger partial charge in [-0.05, 0) is 150 Å². The number of carbonyl (C=O) groups excluding carboxylic acids is 3. The number of thiophene rings is 2. The van der Waals surface area contributed by atoms with Crippen molar-refractivity contribution in [2.45, 2.75) is 76.9 Å². The lowest BCUT2D eigenvalue weighted by Crippen LogP contribution is -2.67. The second-order valence-electron chi connectivity index (χ2n) is 14.2. The summed E-state index contributed by atoms with van der Waals surface area (Å²) in [6.45, 7) is 14.2. The van der Waals surface area contributed by atoms with Crippen molar-refractivity contribution in [2.75, 3.05) is 26.2 Å². The first-order valence-electron chi connectivity index (χ1n) is 16.4. The average Bonchev–Trinajstić information content (AvgIpc) is 3.69. The quantitative estimate of drug-likeness (QED) is 0.207. The normalized spacial score (nSPS) is 27.2. The van der Waals surface area contributed by atoms with Gasteiger partial charge in [-0.1, -0.05) is 44.0 Å². The van der Waals surface area contributed by atoms with Crippen LogP contribution in [0.2, 0.25) is 0 Å². The van der Waals surface area contributed by atoms with E-state index < -0.39 is 0 Å². The van der Waals surface area contributed by atoms with Gasteiger partial charge < -0.3 is 5.73 Å². The van der Waals surface area contributed by atoms with Crippen molar-refractivity contribution in [2.24, 2.45) is 23.5 Å². The molecule has 11 heteroatoms. The van der Waals surface area contributed by atoms with Gasteiger partial charge >= 0.3 is 6.15 Å². The van der Waals surface area contributed by atoms with Gasteiger partial charge in [0.05, 0.1) is 4.88 Å². The summed E-state index contributed by atoms with van der Waals surface area (Å²) in [7, 11) is 0. The van der Waals surface area contributed by atoms with Crippen LogP contribution in [0.5, 0.6) is 0 Å². The van der Waals surface area contributed by atoms with Crippen LogP contribution >= 0.6 is 66.9 Å². The lowest BCUT2D eigenvalue weighted by Gasteiger charge is -2.56. The summed E-state index contributed by atoms with van der Waals surface area (Å²) in [5, 5.41) is 4.61. The molecule has 2 N–H and O–H groups in total. The largest absolute Gasteiger partial charge is 0.373 e. The van der Waals surface area contributed by atoms with Gasteiger partial charge in [0.15, 0.2) is 5.78 Å². The molecule has 0 amide bonds. The lowest BCUT2D eigenvalue weighted by molar-refractivity contribution is -0.191. The molecule has 4 aromatic rings. The molecule has 6 aliphatic rings. The van der Waals surface area contributed by atoms with E-state index in [1.54, 1.807) is 22.7 Å². The van der Waals surface area contributed by atoms with Crippen molar-refractivity contribution >= 4 is 99.0 Å². The van der Waals surface area contributed by atoms with Crippen LogP contribution in [-0.2, 0) is 9.59 Å². The van der Waals surface area contributed by atoms with Crippen molar-refractivity contribution in [3.8, 4) is 0 Å². The number of Topliss-reactive ketones (excluding diaryl/α,β-unsaturated/α-hetero) is 1. The highest BCUT2D eigenvalue weighted by atomic mass is 79.9. The molecule has 0 aliphatic carbocycles. The zero-order valence-corrected chi connectivity index (χ0v) is 33.7. The van der Waals surface area contributed by atoms with Crippen LogP contribution in [0.3, 0.4) is 0 Å². The van der Waals surface area contributed by atoms with Crippen molar-refractivity contribution < 1.29 is 14.4 Å². The van der Waals surface area contributed by atoms with E-state index in [1.165, 1.54) is 72.0 Å². The first kappa shape index (κ1) is 39.3. The summed E-state index contributed by atoms with van der Waals surface area (Å²) in [4.78, 5) is 35.2. The van der Waals surface area contributed by atoms with Crippen LogP contribution in [-0.4, -0.2) is 65.0 Å². The predicted octanol–water partition coefficient (Wildman–Crippen LogP) is 9.68. The van der Waals surface area contributed by atoms with Gasteiger partial charge in [-0.3, -0.25) is 14.6 Å². The molecule has 6 saturated heterocycles. The van der Waals surface area contributed by atoms with Crippen LogP contribution in [0.4, 0.5) is 0 Å². The maximum atomic E-state index is 12.9. The fourth-order valence-electron chi connectivity index (χ4n) is 8.10. The molecule has 260 valence electrons. The number of piperidine rings is 6. The Morgan fingerprint density at radius 1 is 0.812 bits per heavy atom. The number of nitrogens with zero attached hydrogens (tertiary/aromatic N) is 2. The van der Waals surface area contributed by atoms with E-state index >= 15 is 0 Å². The van der Waals surface area contributed by atoms with Gasteiger partial charge in [-0.25, -0.2) is 0 Å². The van der Waals surface area contributed by atoms with Gasteiger partial charge in [-0.15, -0.1) is 35.1 Å². The smallest absolute Gasteiger partial charge is 0.326 e. The molecule has 2 aromatic heterocycles. The number of halogens is 3. The molecule has 6 aliphatic heterocycles. The van der Waals surface area contributed by atoms with Crippen molar-refractivity contribution in [3.63, 3.8) is 0 Å². The number of nitrogens with two attached hydrogens (primary N) is 1. The van der Waals surface area contributed by atoms with Crippen LogP contribution in [0.15, 0.2) is 62.9 Å². The lowest BCUT2D eigenvalue weighted by atomic mass is 9.65. The molecule has 8 heterocycles. The average molecular weight is 840 g/mol. The summed E-state index contributed by atoms with van der Waals surface area (Å²) in [5.41, 5.74) is 6.58. The Morgan fingerprint density at radius 2 is 1.33 bits per heavy atom. The maximum absolute atomic E-state index is 12.9. The maximum Gasteiger partial charge on any atom is 0.373 e. The van der Waals surface area contributed by atoms with Crippen molar-refractivity contribution in [1.29, 1.82) is 0 Å². The zero-order valence-electron chi connectivity index (χ0n) is 28.0. The van der Waals surface area contributed by atoms with E-state index in [1.807, 2.05) is 6.07 Å². The molecule has 4 bridgehead atoms. The van der Waals surface area contributed by atoms with Gasteiger partial charge in [0.2, 0.25) is 0 Å². The fourth-order valence-corrected chi connectivity index (χ4v) is 11.0. The molecule has 6 fully saturated rings. The SMILES string of the molecule is Brc1ccc2ccsc2c1.CC1(C)[C@H](CC(=O)c2cc3ccc(Br)cc3s2)C2CCN1CC2.CC1(C)[C@H](N)C2CCN1CC2.Cl.O=C=O. The van der Waals surface area contributed by atoms with E-state index in [2.05, 4.69) is 117 Å². The minimum atomic E-state index is 0. The molecule has 0 saturated carbocycles. The first-order chi connectivity index (χ1) is 22.3. The summed E-state index contributed by atoms with van der Waals surface area (Å²) >= 11 is 10.3. The minimum Gasteiger partial charge on any atom is -0.326 e. The summed E-state index contributed by atoms with van der Waals surface area (Å²) in [6, 6.07) is 17.2. The van der Waals surface area contributed by atoms with E-state index in [0.29, 0.717) is 24.2 Å². The minimum absolute atomic E-state index is 0. The zero-order chi connectivity index (χ0) is 33.9. The Balaban J connectivity index is 0.000000173. The molecule has 2 aromatic carbocycles. The highest BCUT2D eigenvalue weighted by Crippen LogP contribution is 2.46. The third-order valence-electron chi connectivity index (χ3n) is 11.1. The number of hydrogen-bond acceptors (Lipinski definition) is 8. The molecule has 2 atom stereocenters. The van der Waals surface area contributed by atoms with Gasteiger partial charge in [-0.2, -0.15) is 9.59 Å². The Hall–Kier alpha value is -1.46. The summed E-state index contributed by atoms with van der Waals surface area (Å²) in [5.74, 6) is 2.35. The third kappa shape index (κ3) is 8.70. The summed E-state index contributed by atoms with van der Waals surface area (Å²) in [6.07, 6.45) is 6.12. The molecule has 0 spiro atoms. The standard InChI is InChI=1S/C19H22BrNOS.C9H18N2.C8H5BrS.CO2.ClH/c1-19(2)15(12-5-7-21(19)8-6-12)11-16(22)18-9-13-3-4-14(20)10-17(13)23-18;1-9(2)8(10)7-3-5-11(9)6-4-7;9-7-2-1-6-3-4-10-8(6)5-7;2-1-3;/h3-4,9-10,12,15H,5-8,11H2,1-2H3;7-8H,3-6,10H2,1-2H3;1-5H;;1H/t15-;8-;;;/m11.../s1. The topological polar surface area (TPSA) is 83.7 Å². The Kier molecular flexibility index (Phi) is 13.7. The molecule has 10 rings (SSSR count). The van der Waals surface area contributed by atoms with E-state index in [-0.39, 0.29) is 29.6 Å². The van der Waals surface area contributed by atoms with Crippen LogP contribution in [0.25, 0.3) is 20.2 Å². The van der Waals surface area contributed by atoms with Crippen LogP contribution in [0.1, 0.15) is 69.5 Å². The van der Waals surface area contributed by atoms with E-state index in [0.717, 1.165) is 25.7 Å². The molecule has 0 unspecified atom stereocenters. The number of fused-ring (bicyclic) bond motifs is 8. The van der Waals surface area contributed by atoms with Crippen LogP contribution < -0.4 is 5.73 Å². The first-order valence-corrected chi connectivity index (χ1v) is 19.7. The Morgan fingerprint density at radius 3 is 1.85 bits per heavy atom. The number of benzene rings is 2. The summed E-state index contributed by atoms with van der Waals surface area (Å²) < 4.78 is 4.76. The Labute approximate surface area is 315 Å². The van der Waals surface area contributed by atoms with E-state index in [9.17, 15) is 4.79 Å². The highest BCUT2D eigenvalue weighted by molar-refractivity contribution is 9.10. The number of ketones is 1. The predicted molar refractivity (Wildman–Crippen MR) is 208 cm³/mol. The molecule has 6 nitrogen and oxygen atoms in total. The second-order valence-corrected chi connectivity index (χ2v) is 18.1. The van der Waals surface area contributed by atoms with Gasteiger partial charge in [0, 0.05) is 41.9 Å². The van der Waals surface area contributed by atoms with Gasteiger partial charge in [0.25, 0.3) is 0 Å². The molecular weight excluding hydrogens is 794 g/mol. The molecular formula is C37H46Br2ClN3O3S2. The van der Waals surface area contributed by atoms with Crippen LogP contribution in [0, 0.1) is 17.8 Å². The third-order valence-corrected chi connectivity index (χ3v) is 14.1. The Bertz CT molecular complexity index is 1720. The number of carbonyl (C=O) groups is 1. The van der Waals surface area contributed by atoms with Crippen molar-refractivity contribution in [1.82, 2.24) is 9.80 Å².